The second-order valence-corrected chi connectivity index (χ2v) is 9.69. The van der Waals surface area contributed by atoms with E-state index in [9.17, 15) is 4.79 Å². The third-order valence-electron chi connectivity index (χ3n) is 7.11. The fraction of sp³-hybridized carbons (Fsp3) is 0.464. The van der Waals surface area contributed by atoms with Crippen LogP contribution in [0.3, 0.4) is 0 Å². The number of nitrogens with one attached hydrogen (secondary N) is 1. The van der Waals surface area contributed by atoms with Crippen LogP contribution in [0.1, 0.15) is 32.1 Å². The van der Waals surface area contributed by atoms with E-state index in [4.69, 9.17) is 9.47 Å². The topological polar surface area (TPSA) is 106 Å². The highest BCUT2D eigenvalue weighted by molar-refractivity contribution is 5.79. The molecule has 2 saturated heterocycles. The van der Waals surface area contributed by atoms with Crippen LogP contribution >= 0.6 is 0 Å². The first-order chi connectivity index (χ1) is 18.7. The molecule has 0 saturated carbocycles. The normalized spacial score (nSPS) is 17.7. The van der Waals surface area contributed by atoms with Gasteiger partial charge in [-0.15, -0.1) is 10.2 Å². The summed E-state index contributed by atoms with van der Waals surface area (Å²) in [6, 6.07) is 13.6. The van der Waals surface area contributed by atoms with Crippen molar-refractivity contribution in [2.24, 2.45) is 5.92 Å². The molecule has 2 aliphatic rings. The summed E-state index contributed by atoms with van der Waals surface area (Å²) in [6.45, 7) is 4.29. The fourth-order valence-corrected chi connectivity index (χ4v) is 4.99. The van der Waals surface area contributed by atoms with Gasteiger partial charge in [0.2, 0.25) is 11.8 Å². The number of anilines is 2. The predicted octanol–water partition coefficient (Wildman–Crippen LogP) is 3.34. The summed E-state index contributed by atoms with van der Waals surface area (Å²) < 4.78 is 11.0. The zero-order chi connectivity index (χ0) is 26.2. The first-order valence-electron chi connectivity index (χ1n) is 13.4. The second kappa shape index (κ2) is 12.5. The van der Waals surface area contributed by atoms with Crippen LogP contribution in [0.5, 0.6) is 11.6 Å². The number of hydrogen-bond acceptors (Lipinski definition) is 9. The van der Waals surface area contributed by atoms with Crippen LogP contribution in [-0.2, 0) is 4.79 Å². The van der Waals surface area contributed by atoms with Crippen molar-refractivity contribution in [2.45, 2.75) is 32.1 Å². The van der Waals surface area contributed by atoms with Crippen LogP contribution in [0.25, 0.3) is 11.3 Å². The van der Waals surface area contributed by atoms with Crippen molar-refractivity contribution in [3.05, 3.63) is 48.8 Å². The minimum absolute atomic E-state index is 0.0396. The van der Waals surface area contributed by atoms with Gasteiger partial charge >= 0.3 is 0 Å². The zero-order valence-electron chi connectivity index (χ0n) is 21.9. The van der Waals surface area contributed by atoms with Gasteiger partial charge in [0.15, 0.2) is 5.82 Å². The fourth-order valence-electron chi connectivity index (χ4n) is 4.99. The van der Waals surface area contributed by atoms with Gasteiger partial charge in [0.1, 0.15) is 24.5 Å². The molecule has 3 aromatic rings. The molecule has 2 fully saturated rings. The Bertz CT molecular complexity index is 1180. The summed E-state index contributed by atoms with van der Waals surface area (Å²) in [4.78, 5) is 25.9. The molecule has 0 aliphatic carbocycles. The first kappa shape index (κ1) is 25.7. The van der Waals surface area contributed by atoms with E-state index in [0.29, 0.717) is 25.6 Å². The first-order valence-corrected chi connectivity index (χ1v) is 13.4. The Morgan fingerprint density at radius 1 is 0.947 bits per heavy atom. The minimum Gasteiger partial charge on any atom is -0.497 e. The zero-order valence-corrected chi connectivity index (χ0v) is 21.9. The molecule has 1 N–H and O–H groups in total. The molecule has 0 bridgehead atoms. The van der Waals surface area contributed by atoms with E-state index in [1.165, 1.54) is 19.3 Å². The van der Waals surface area contributed by atoms with Gasteiger partial charge < -0.3 is 24.6 Å². The van der Waals surface area contributed by atoms with E-state index in [2.05, 4.69) is 35.3 Å². The SMILES string of the molecule is COc1ccc(-c2ccc(N3CCCC(C(=O)NCCOc4cc(N5CCCCC5)ncn4)C3)nn2)cc1. The van der Waals surface area contributed by atoms with Gasteiger partial charge in [0.05, 0.1) is 25.3 Å². The van der Waals surface area contributed by atoms with Crippen molar-refractivity contribution >= 4 is 17.5 Å². The molecular formula is C28H35N7O3. The van der Waals surface area contributed by atoms with Gasteiger partial charge in [-0.3, -0.25) is 4.79 Å². The lowest BCUT2D eigenvalue weighted by Gasteiger charge is -2.32. The number of carbonyl (C=O) groups excluding carboxylic acids is 1. The van der Waals surface area contributed by atoms with Crippen LogP contribution < -0.4 is 24.6 Å². The van der Waals surface area contributed by atoms with Gasteiger partial charge in [-0.05, 0) is 68.5 Å². The number of amides is 1. The highest BCUT2D eigenvalue weighted by Crippen LogP contribution is 2.25. The number of aromatic nitrogens is 4. The molecule has 5 rings (SSSR count). The Labute approximate surface area is 223 Å². The van der Waals surface area contributed by atoms with Crippen LogP contribution in [0.2, 0.25) is 0 Å². The van der Waals surface area contributed by atoms with Crippen molar-refractivity contribution in [3.63, 3.8) is 0 Å². The third kappa shape index (κ3) is 6.48. The maximum atomic E-state index is 12.9. The number of nitrogens with zero attached hydrogens (tertiary/aromatic N) is 6. The van der Waals surface area contributed by atoms with Crippen molar-refractivity contribution in [2.75, 3.05) is 56.2 Å². The molecule has 1 aromatic carbocycles. The van der Waals surface area contributed by atoms with Gasteiger partial charge in [-0.2, -0.15) is 0 Å². The van der Waals surface area contributed by atoms with Crippen LogP contribution in [-0.4, -0.2) is 72.5 Å². The number of ether oxygens (including phenoxy) is 2. The third-order valence-corrected chi connectivity index (χ3v) is 7.11. The summed E-state index contributed by atoms with van der Waals surface area (Å²) >= 11 is 0. The van der Waals surface area contributed by atoms with Gasteiger partial charge in [0.25, 0.3) is 0 Å². The predicted molar refractivity (Wildman–Crippen MR) is 146 cm³/mol. The van der Waals surface area contributed by atoms with Crippen molar-refractivity contribution in [1.29, 1.82) is 0 Å². The Balaban J connectivity index is 1.08. The van der Waals surface area contributed by atoms with E-state index < -0.39 is 0 Å². The molecule has 2 aromatic heterocycles. The lowest BCUT2D eigenvalue weighted by molar-refractivity contribution is -0.125. The van der Waals surface area contributed by atoms with Crippen LogP contribution in [0, 0.1) is 5.92 Å². The second-order valence-electron chi connectivity index (χ2n) is 9.69. The lowest BCUT2D eigenvalue weighted by Crippen LogP contribution is -2.44. The van der Waals surface area contributed by atoms with Crippen molar-refractivity contribution < 1.29 is 14.3 Å². The van der Waals surface area contributed by atoms with Crippen LogP contribution in [0.4, 0.5) is 11.6 Å². The number of rotatable bonds is 9. The van der Waals surface area contributed by atoms with E-state index in [0.717, 1.165) is 61.1 Å². The largest absolute Gasteiger partial charge is 0.497 e. The number of hydrogen-bond donors (Lipinski definition) is 1. The van der Waals surface area contributed by atoms with E-state index >= 15 is 0 Å². The quantitative estimate of drug-likeness (QED) is 0.428. The summed E-state index contributed by atoms with van der Waals surface area (Å²) in [7, 11) is 1.65. The molecule has 1 unspecified atom stereocenters. The monoisotopic (exact) mass is 517 g/mol. The molecule has 1 amide bonds. The average molecular weight is 518 g/mol. The van der Waals surface area contributed by atoms with E-state index in [-0.39, 0.29) is 11.8 Å². The Morgan fingerprint density at radius 2 is 1.76 bits per heavy atom. The minimum atomic E-state index is -0.100. The van der Waals surface area contributed by atoms with E-state index in [1.54, 1.807) is 13.4 Å². The average Bonchev–Trinajstić information content (AvgIpc) is 3.00. The Kier molecular flexibility index (Phi) is 8.47. The molecule has 2 aliphatic heterocycles. The van der Waals surface area contributed by atoms with Gasteiger partial charge in [-0.1, -0.05) is 0 Å². The smallest absolute Gasteiger partial charge is 0.225 e. The molecule has 1 atom stereocenters. The lowest BCUT2D eigenvalue weighted by atomic mass is 9.97. The Hall–Kier alpha value is -3.95. The highest BCUT2D eigenvalue weighted by Gasteiger charge is 2.26. The molecule has 4 heterocycles. The maximum absolute atomic E-state index is 12.9. The highest BCUT2D eigenvalue weighted by atomic mass is 16.5. The standard InChI is InChI=1S/C28H35N7O3/c1-37-23-9-7-21(8-10-23)24-11-12-25(33-32-24)35-16-5-6-22(19-35)28(36)29-13-17-38-27-18-26(30-20-31-27)34-14-3-2-4-15-34/h7-12,18,20,22H,2-6,13-17,19H2,1H3,(H,29,36). The number of piperidine rings is 2. The Morgan fingerprint density at radius 3 is 2.53 bits per heavy atom. The summed E-state index contributed by atoms with van der Waals surface area (Å²) in [5, 5.41) is 11.9. The van der Waals surface area contributed by atoms with Crippen molar-refractivity contribution in [3.8, 4) is 22.9 Å². The molecular weight excluding hydrogens is 482 g/mol. The number of carbonyl (C=O) groups is 1. The number of benzene rings is 1. The van der Waals surface area contributed by atoms with E-state index in [1.807, 2.05) is 42.5 Å². The molecule has 200 valence electrons. The van der Waals surface area contributed by atoms with Gasteiger partial charge in [0, 0.05) is 37.8 Å². The van der Waals surface area contributed by atoms with Crippen molar-refractivity contribution in [1.82, 2.24) is 25.5 Å². The maximum Gasteiger partial charge on any atom is 0.225 e. The summed E-state index contributed by atoms with van der Waals surface area (Å²) in [5.74, 6) is 2.97. The molecule has 10 nitrogen and oxygen atoms in total. The van der Waals surface area contributed by atoms with Crippen LogP contribution in [0.15, 0.2) is 48.8 Å². The summed E-state index contributed by atoms with van der Waals surface area (Å²) in [5.41, 5.74) is 1.78. The summed E-state index contributed by atoms with van der Waals surface area (Å²) in [6.07, 6.45) is 6.97. The molecule has 0 radical (unpaired) electrons. The number of methoxy groups -OCH3 is 1. The molecule has 10 heteroatoms. The molecule has 38 heavy (non-hydrogen) atoms. The molecule has 0 spiro atoms. The van der Waals surface area contributed by atoms with Gasteiger partial charge in [-0.25, -0.2) is 9.97 Å².